The maximum atomic E-state index is 11.4. The second-order valence-corrected chi connectivity index (χ2v) is 11.6. The van der Waals surface area contributed by atoms with Gasteiger partial charge in [0.05, 0.1) is 0 Å². The number of aliphatic hydroxyl groups excluding tert-OH is 1. The van der Waals surface area contributed by atoms with Crippen molar-refractivity contribution in [3.8, 4) is 0 Å². The third-order valence-electron chi connectivity index (χ3n) is 4.51. The molecule has 0 atom stereocenters. The number of ketones is 1. The Morgan fingerprint density at radius 2 is 1.44 bits per heavy atom. The van der Waals surface area contributed by atoms with E-state index in [4.69, 9.17) is 9.53 Å². The van der Waals surface area contributed by atoms with Crippen LogP contribution in [-0.4, -0.2) is 32.4 Å². The largest absolute Gasteiger partial charge is 0.407 e. The summed E-state index contributed by atoms with van der Waals surface area (Å²) < 4.78 is 6.67. The molecule has 3 nitrogen and oxygen atoms in total. The summed E-state index contributed by atoms with van der Waals surface area (Å²) in [6.45, 7) is 6.83. The van der Waals surface area contributed by atoms with Crippen LogP contribution in [0, 0.1) is 0 Å². The third-order valence-corrected chi connectivity index (χ3v) is 9.55. The van der Waals surface area contributed by atoms with Gasteiger partial charge in [-0.05, 0) is 21.8 Å². The first kappa shape index (κ1) is 19.6. The highest BCUT2D eigenvalue weighted by atomic mass is 28.4. The number of carbonyl (C=O) groups is 1. The molecule has 0 fully saturated rings. The SMILES string of the molecule is CC(C)(C)[Si](OCCCC(=O)CO)(c1ccccc1)c1ccccc1. The number of carbonyl (C=O) groups excluding carboxylic acids is 1. The first-order valence-corrected chi connectivity index (χ1v) is 10.7. The second kappa shape index (κ2) is 8.56. The summed E-state index contributed by atoms with van der Waals surface area (Å²) in [6, 6.07) is 20.9. The lowest BCUT2D eigenvalue weighted by Gasteiger charge is -2.43. The Morgan fingerprint density at radius 3 is 1.84 bits per heavy atom. The molecule has 0 radical (unpaired) electrons. The van der Waals surface area contributed by atoms with Crippen LogP contribution >= 0.6 is 0 Å². The van der Waals surface area contributed by atoms with Crippen LogP contribution < -0.4 is 10.4 Å². The highest BCUT2D eigenvalue weighted by molar-refractivity contribution is 6.99. The number of Topliss-reactive ketones (excluding diaryl/α,β-unsaturated/α-hetero) is 1. The molecule has 0 saturated carbocycles. The summed E-state index contributed by atoms with van der Waals surface area (Å²) in [4.78, 5) is 11.4. The summed E-state index contributed by atoms with van der Waals surface area (Å²) in [5.41, 5.74) is 0. The lowest BCUT2D eigenvalue weighted by molar-refractivity contribution is -0.121. The minimum absolute atomic E-state index is 0.0588. The smallest absolute Gasteiger partial charge is 0.261 e. The normalized spacial score (nSPS) is 12.2. The van der Waals surface area contributed by atoms with Crippen LogP contribution in [0.1, 0.15) is 33.6 Å². The highest BCUT2D eigenvalue weighted by Crippen LogP contribution is 2.36. The predicted octanol–water partition coefficient (Wildman–Crippen LogP) is 2.90. The maximum absolute atomic E-state index is 11.4. The molecule has 2 aromatic carbocycles. The first-order valence-electron chi connectivity index (χ1n) is 8.79. The Balaban J connectivity index is 2.40. The quantitative estimate of drug-likeness (QED) is 0.584. The van der Waals surface area contributed by atoms with Gasteiger partial charge < -0.3 is 9.53 Å². The van der Waals surface area contributed by atoms with Gasteiger partial charge in [-0.25, -0.2) is 0 Å². The van der Waals surface area contributed by atoms with Gasteiger partial charge in [0.1, 0.15) is 6.61 Å². The molecule has 0 amide bonds. The number of hydrogen-bond donors (Lipinski definition) is 1. The molecular formula is C21H28O3Si. The molecular weight excluding hydrogens is 328 g/mol. The van der Waals surface area contributed by atoms with E-state index in [9.17, 15) is 4.79 Å². The fourth-order valence-electron chi connectivity index (χ4n) is 3.34. The predicted molar refractivity (Wildman–Crippen MR) is 105 cm³/mol. The van der Waals surface area contributed by atoms with Gasteiger partial charge in [0.25, 0.3) is 8.32 Å². The van der Waals surface area contributed by atoms with Gasteiger partial charge in [-0.15, -0.1) is 0 Å². The van der Waals surface area contributed by atoms with E-state index in [1.165, 1.54) is 10.4 Å². The monoisotopic (exact) mass is 356 g/mol. The molecule has 0 aliphatic rings. The summed E-state index contributed by atoms with van der Waals surface area (Å²) in [6.07, 6.45) is 0.985. The number of hydrogen-bond acceptors (Lipinski definition) is 3. The molecule has 0 aliphatic carbocycles. The van der Waals surface area contributed by atoms with E-state index < -0.39 is 8.32 Å². The Kier molecular flexibility index (Phi) is 6.70. The van der Waals surface area contributed by atoms with E-state index >= 15 is 0 Å². The van der Waals surface area contributed by atoms with Crippen LogP contribution in [0.2, 0.25) is 5.04 Å². The topological polar surface area (TPSA) is 46.5 Å². The standard InChI is InChI=1S/C21H28O3Si/c1-21(2,3)25(19-12-6-4-7-13-19,20-14-8-5-9-15-20)24-16-10-11-18(23)17-22/h4-9,12-15,22H,10-11,16-17H2,1-3H3. The van der Waals surface area contributed by atoms with Crippen molar-refractivity contribution in [2.24, 2.45) is 0 Å². The van der Waals surface area contributed by atoms with E-state index in [1.807, 2.05) is 12.1 Å². The van der Waals surface area contributed by atoms with E-state index in [0.717, 1.165) is 0 Å². The molecule has 0 saturated heterocycles. The Labute approximate surface area is 151 Å². The number of aliphatic hydroxyl groups is 1. The van der Waals surface area contributed by atoms with Crippen LogP contribution in [0.3, 0.4) is 0 Å². The summed E-state index contributed by atoms with van der Waals surface area (Å²) in [5, 5.41) is 11.3. The Bertz CT molecular complexity index is 623. The molecule has 25 heavy (non-hydrogen) atoms. The van der Waals surface area contributed by atoms with Crippen molar-refractivity contribution in [2.75, 3.05) is 13.2 Å². The van der Waals surface area contributed by atoms with Crippen LogP contribution in [0.25, 0.3) is 0 Å². The lowest BCUT2D eigenvalue weighted by atomic mass is 10.2. The first-order chi connectivity index (χ1) is 11.9. The minimum atomic E-state index is -2.51. The van der Waals surface area contributed by atoms with Gasteiger partial charge in [-0.3, -0.25) is 4.79 Å². The molecule has 2 rings (SSSR count). The number of rotatable bonds is 8. The molecule has 0 spiro atoms. The van der Waals surface area contributed by atoms with Crippen molar-refractivity contribution in [1.29, 1.82) is 0 Å². The van der Waals surface area contributed by atoms with Crippen LogP contribution in [0.4, 0.5) is 0 Å². The molecule has 0 heterocycles. The van der Waals surface area contributed by atoms with Gasteiger partial charge in [-0.1, -0.05) is 81.4 Å². The van der Waals surface area contributed by atoms with Gasteiger partial charge in [0.2, 0.25) is 0 Å². The number of benzene rings is 2. The van der Waals surface area contributed by atoms with Crippen LogP contribution in [0.15, 0.2) is 60.7 Å². The summed E-state index contributed by atoms with van der Waals surface area (Å²) in [5.74, 6) is -0.133. The van der Waals surface area contributed by atoms with Crippen molar-refractivity contribution in [2.45, 2.75) is 38.7 Å². The minimum Gasteiger partial charge on any atom is -0.407 e. The molecule has 0 unspecified atom stereocenters. The average Bonchev–Trinajstić information content (AvgIpc) is 2.62. The van der Waals surface area contributed by atoms with Crippen molar-refractivity contribution in [1.82, 2.24) is 0 Å². The van der Waals surface area contributed by atoms with E-state index in [2.05, 4.69) is 69.3 Å². The second-order valence-electron chi connectivity index (χ2n) is 7.31. The molecule has 4 heteroatoms. The fourth-order valence-corrected chi connectivity index (χ4v) is 7.94. The van der Waals surface area contributed by atoms with Crippen molar-refractivity contribution in [3.05, 3.63) is 60.7 Å². The highest BCUT2D eigenvalue weighted by Gasteiger charge is 2.49. The fraction of sp³-hybridized carbons (Fsp3) is 0.381. The van der Waals surface area contributed by atoms with E-state index in [0.29, 0.717) is 19.4 Å². The molecule has 0 aliphatic heterocycles. The van der Waals surface area contributed by atoms with E-state index in [1.54, 1.807) is 0 Å². The molecule has 134 valence electrons. The van der Waals surface area contributed by atoms with Gasteiger partial charge in [-0.2, -0.15) is 0 Å². The molecule has 0 aromatic heterocycles. The van der Waals surface area contributed by atoms with Crippen molar-refractivity contribution in [3.63, 3.8) is 0 Å². The summed E-state index contributed by atoms with van der Waals surface area (Å²) in [7, 11) is -2.51. The van der Waals surface area contributed by atoms with Crippen LogP contribution in [0.5, 0.6) is 0 Å². The Morgan fingerprint density at radius 1 is 0.960 bits per heavy atom. The van der Waals surface area contributed by atoms with Gasteiger partial charge in [0, 0.05) is 13.0 Å². The lowest BCUT2D eigenvalue weighted by Crippen LogP contribution is -2.66. The zero-order valence-electron chi connectivity index (χ0n) is 15.4. The zero-order chi connectivity index (χ0) is 18.3. The molecule has 1 N–H and O–H groups in total. The Hall–Kier alpha value is -1.75. The van der Waals surface area contributed by atoms with Gasteiger partial charge >= 0.3 is 0 Å². The average molecular weight is 357 g/mol. The van der Waals surface area contributed by atoms with E-state index in [-0.39, 0.29) is 17.4 Å². The maximum Gasteiger partial charge on any atom is 0.261 e. The third kappa shape index (κ3) is 4.45. The van der Waals surface area contributed by atoms with Crippen molar-refractivity contribution < 1.29 is 14.3 Å². The molecule has 2 aromatic rings. The zero-order valence-corrected chi connectivity index (χ0v) is 16.4. The molecule has 0 bridgehead atoms. The van der Waals surface area contributed by atoms with Crippen LogP contribution in [-0.2, 0) is 9.22 Å². The van der Waals surface area contributed by atoms with Gasteiger partial charge in [0.15, 0.2) is 5.78 Å². The summed E-state index contributed by atoms with van der Waals surface area (Å²) >= 11 is 0. The van der Waals surface area contributed by atoms with Crippen molar-refractivity contribution >= 4 is 24.5 Å².